The molecular weight excluding hydrogens is 483 g/mol. The van der Waals surface area contributed by atoms with Crippen LogP contribution in [0.4, 0.5) is 0 Å². The summed E-state index contributed by atoms with van der Waals surface area (Å²) in [7, 11) is 2.00. The molecule has 0 radical (unpaired) electrons. The van der Waals surface area contributed by atoms with Gasteiger partial charge in [0.1, 0.15) is 0 Å². The minimum atomic E-state index is 0. The average molecular weight is 511 g/mol. The summed E-state index contributed by atoms with van der Waals surface area (Å²) in [6.45, 7) is 7.95. The highest BCUT2D eigenvalue weighted by Gasteiger charge is 2.09. The average Bonchev–Trinajstić information content (AvgIpc) is 2.48. The standard InChI is InChI=1S/C17H27BrN4O.HI/c1-5-19-17(20-11-10-16(23)21-13(2)3)22(4)12-14-8-6-7-9-15(14)18;/h6-9,13H,5,10-12H2,1-4H3,(H,19,20)(H,21,23);1H. The van der Waals surface area contributed by atoms with Crippen molar-refractivity contribution in [3.8, 4) is 0 Å². The maximum Gasteiger partial charge on any atom is 0.222 e. The first-order valence-electron chi connectivity index (χ1n) is 7.96. The Morgan fingerprint density at radius 1 is 1.33 bits per heavy atom. The van der Waals surface area contributed by atoms with E-state index in [0.29, 0.717) is 13.0 Å². The molecule has 0 saturated heterocycles. The number of carbonyl (C=O) groups excluding carboxylic acids is 1. The van der Waals surface area contributed by atoms with E-state index in [0.717, 1.165) is 23.5 Å². The summed E-state index contributed by atoms with van der Waals surface area (Å²) in [5.41, 5.74) is 1.19. The third-order valence-corrected chi connectivity index (χ3v) is 3.89. The monoisotopic (exact) mass is 510 g/mol. The lowest BCUT2D eigenvalue weighted by Crippen LogP contribution is -2.39. The number of carbonyl (C=O) groups is 1. The first kappa shape index (κ1) is 23.2. The quantitative estimate of drug-likeness (QED) is 0.336. The van der Waals surface area contributed by atoms with Gasteiger partial charge in [-0.25, -0.2) is 0 Å². The van der Waals surface area contributed by atoms with E-state index in [1.165, 1.54) is 5.56 Å². The van der Waals surface area contributed by atoms with Gasteiger partial charge in [-0.3, -0.25) is 9.79 Å². The molecule has 0 unspecified atom stereocenters. The van der Waals surface area contributed by atoms with Gasteiger partial charge >= 0.3 is 0 Å². The summed E-state index contributed by atoms with van der Waals surface area (Å²) in [5, 5.41) is 6.14. The Labute approximate surface area is 170 Å². The SMILES string of the molecule is CCNC(=NCCC(=O)NC(C)C)N(C)Cc1ccccc1Br.I. The van der Waals surface area contributed by atoms with Crippen LogP contribution >= 0.6 is 39.9 Å². The molecule has 0 aliphatic carbocycles. The van der Waals surface area contributed by atoms with E-state index >= 15 is 0 Å². The number of rotatable bonds is 7. The number of benzene rings is 1. The van der Waals surface area contributed by atoms with Crippen LogP contribution in [0.1, 0.15) is 32.8 Å². The number of aliphatic imine (C=N–C) groups is 1. The number of halogens is 2. The molecule has 1 aromatic rings. The highest BCUT2D eigenvalue weighted by atomic mass is 127. The molecule has 0 atom stereocenters. The van der Waals surface area contributed by atoms with E-state index in [1.54, 1.807) is 0 Å². The molecule has 0 aromatic heterocycles. The van der Waals surface area contributed by atoms with Crippen LogP contribution in [0, 0.1) is 0 Å². The second-order valence-corrected chi connectivity index (χ2v) is 6.51. The lowest BCUT2D eigenvalue weighted by Gasteiger charge is -2.22. The van der Waals surface area contributed by atoms with Crippen LogP contribution in [0.3, 0.4) is 0 Å². The molecular formula is C17H28BrIN4O. The number of amides is 1. The number of hydrogen-bond acceptors (Lipinski definition) is 2. The summed E-state index contributed by atoms with van der Waals surface area (Å²) in [6, 6.07) is 8.30. The normalized spacial score (nSPS) is 11.0. The topological polar surface area (TPSA) is 56.7 Å². The first-order chi connectivity index (χ1) is 10.9. The van der Waals surface area contributed by atoms with Gasteiger partial charge in [0.2, 0.25) is 5.91 Å². The molecule has 0 saturated carbocycles. The van der Waals surface area contributed by atoms with Crippen LogP contribution in [0.5, 0.6) is 0 Å². The number of nitrogens with one attached hydrogen (secondary N) is 2. The predicted octanol–water partition coefficient (Wildman–Crippen LogP) is 3.38. The third-order valence-electron chi connectivity index (χ3n) is 3.11. The molecule has 5 nitrogen and oxygen atoms in total. The number of guanidine groups is 1. The second kappa shape index (κ2) is 12.5. The van der Waals surface area contributed by atoms with E-state index < -0.39 is 0 Å². The molecule has 0 spiro atoms. The lowest BCUT2D eigenvalue weighted by molar-refractivity contribution is -0.121. The van der Waals surface area contributed by atoms with Gasteiger partial charge in [0.05, 0.1) is 6.54 Å². The van der Waals surface area contributed by atoms with Crippen LogP contribution in [0.2, 0.25) is 0 Å². The van der Waals surface area contributed by atoms with E-state index in [9.17, 15) is 4.79 Å². The van der Waals surface area contributed by atoms with Crippen molar-refractivity contribution in [3.63, 3.8) is 0 Å². The molecule has 0 bridgehead atoms. The predicted molar refractivity (Wildman–Crippen MR) is 115 cm³/mol. The number of nitrogens with zero attached hydrogens (tertiary/aromatic N) is 2. The van der Waals surface area contributed by atoms with Crippen molar-refractivity contribution in [3.05, 3.63) is 34.3 Å². The fraction of sp³-hybridized carbons (Fsp3) is 0.529. The van der Waals surface area contributed by atoms with Crippen LogP contribution in [-0.4, -0.2) is 42.9 Å². The maximum atomic E-state index is 11.7. The Bertz CT molecular complexity index is 537. The van der Waals surface area contributed by atoms with Gasteiger partial charge in [0, 0.05) is 37.1 Å². The fourth-order valence-corrected chi connectivity index (χ4v) is 2.49. The minimum Gasteiger partial charge on any atom is -0.357 e. The highest BCUT2D eigenvalue weighted by molar-refractivity contribution is 14.0. The van der Waals surface area contributed by atoms with Gasteiger partial charge < -0.3 is 15.5 Å². The zero-order valence-electron chi connectivity index (χ0n) is 14.8. The van der Waals surface area contributed by atoms with Gasteiger partial charge in [-0.05, 0) is 32.4 Å². The van der Waals surface area contributed by atoms with E-state index in [1.807, 2.05) is 46.0 Å². The van der Waals surface area contributed by atoms with Crippen molar-refractivity contribution in [1.29, 1.82) is 0 Å². The third kappa shape index (κ3) is 8.86. The molecule has 2 N–H and O–H groups in total. The molecule has 24 heavy (non-hydrogen) atoms. The largest absolute Gasteiger partial charge is 0.357 e. The molecule has 1 aromatic carbocycles. The zero-order valence-corrected chi connectivity index (χ0v) is 18.7. The summed E-state index contributed by atoms with van der Waals surface area (Å²) < 4.78 is 1.08. The van der Waals surface area contributed by atoms with Crippen LogP contribution in [-0.2, 0) is 11.3 Å². The molecule has 0 heterocycles. The van der Waals surface area contributed by atoms with E-state index in [2.05, 4.69) is 42.5 Å². The summed E-state index contributed by atoms with van der Waals surface area (Å²) in [6.07, 6.45) is 0.399. The Kier molecular flexibility index (Phi) is 12.1. The Balaban J connectivity index is 0.00000529. The van der Waals surface area contributed by atoms with Gasteiger partial charge in [-0.15, -0.1) is 24.0 Å². The Morgan fingerprint density at radius 3 is 2.58 bits per heavy atom. The van der Waals surface area contributed by atoms with Crippen LogP contribution in [0.25, 0.3) is 0 Å². The van der Waals surface area contributed by atoms with E-state index in [4.69, 9.17) is 0 Å². The van der Waals surface area contributed by atoms with Crippen molar-refractivity contribution in [1.82, 2.24) is 15.5 Å². The Hall–Kier alpha value is -0.830. The molecule has 7 heteroatoms. The zero-order chi connectivity index (χ0) is 17.2. The van der Waals surface area contributed by atoms with Crippen molar-refractivity contribution in [2.75, 3.05) is 20.1 Å². The molecule has 1 rings (SSSR count). The van der Waals surface area contributed by atoms with Crippen molar-refractivity contribution < 1.29 is 4.79 Å². The molecule has 1 amide bonds. The van der Waals surface area contributed by atoms with Gasteiger partial charge in [0.15, 0.2) is 5.96 Å². The first-order valence-corrected chi connectivity index (χ1v) is 8.75. The van der Waals surface area contributed by atoms with Gasteiger partial charge in [-0.2, -0.15) is 0 Å². The minimum absolute atomic E-state index is 0. The lowest BCUT2D eigenvalue weighted by atomic mass is 10.2. The van der Waals surface area contributed by atoms with Crippen LogP contribution < -0.4 is 10.6 Å². The summed E-state index contributed by atoms with van der Waals surface area (Å²) in [5.74, 6) is 0.841. The maximum absolute atomic E-state index is 11.7. The summed E-state index contributed by atoms with van der Waals surface area (Å²) >= 11 is 3.57. The van der Waals surface area contributed by atoms with Crippen molar-refractivity contribution in [2.24, 2.45) is 4.99 Å². The Morgan fingerprint density at radius 2 is 2.00 bits per heavy atom. The van der Waals surface area contributed by atoms with Crippen molar-refractivity contribution >= 4 is 51.8 Å². The van der Waals surface area contributed by atoms with E-state index in [-0.39, 0.29) is 35.9 Å². The smallest absolute Gasteiger partial charge is 0.222 e. The van der Waals surface area contributed by atoms with Crippen molar-refractivity contribution in [2.45, 2.75) is 39.8 Å². The molecule has 0 aliphatic rings. The fourth-order valence-electron chi connectivity index (χ4n) is 2.08. The molecule has 0 fully saturated rings. The summed E-state index contributed by atoms with van der Waals surface area (Å²) in [4.78, 5) is 18.3. The highest BCUT2D eigenvalue weighted by Crippen LogP contribution is 2.17. The van der Waals surface area contributed by atoms with Gasteiger partial charge in [-0.1, -0.05) is 34.1 Å². The van der Waals surface area contributed by atoms with Crippen LogP contribution in [0.15, 0.2) is 33.7 Å². The molecule has 0 aliphatic heterocycles. The second-order valence-electron chi connectivity index (χ2n) is 5.66. The van der Waals surface area contributed by atoms with Gasteiger partial charge in [0.25, 0.3) is 0 Å². The number of hydrogen-bond donors (Lipinski definition) is 2. The molecule has 136 valence electrons.